The Morgan fingerprint density at radius 2 is 1.97 bits per heavy atom. The highest BCUT2D eigenvalue weighted by Gasteiger charge is 2.72. The normalized spacial score (nSPS) is 40.5. The zero-order valence-corrected chi connectivity index (χ0v) is 20.7. The van der Waals surface area contributed by atoms with Crippen molar-refractivity contribution in [1.82, 2.24) is 9.80 Å². The topological polar surface area (TPSA) is 67.1 Å². The predicted octanol–water partition coefficient (Wildman–Crippen LogP) is 3.47. The number of likely N-dealkylation sites (tertiary alicyclic amines) is 2. The number of hydrogen-bond donors (Lipinski definition) is 0. The van der Waals surface area contributed by atoms with E-state index in [1.54, 1.807) is 16.9 Å². The summed E-state index contributed by atoms with van der Waals surface area (Å²) in [6, 6.07) is 0. The van der Waals surface area contributed by atoms with Gasteiger partial charge in [0.05, 0.1) is 25.2 Å². The smallest absolute Gasteiger partial charge is 0.410 e. The molecule has 4 saturated heterocycles. The molecule has 5 rings (SSSR count). The lowest BCUT2D eigenvalue weighted by Crippen LogP contribution is -2.61. The zero-order valence-electron chi connectivity index (χ0n) is 20.7. The number of halogens is 2. The Kier molecular flexibility index (Phi) is 6.23. The molecule has 0 aromatic rings. The van der Waals surface area contributed by atoms with Crippen LogP contribution in [-0.4, -0.2) is 98.3 Å². The van der Waals surface area contributed by atoms with E-state index < -0.39 is 6.43 Å². The Labute approximate surface area is 200 Å². The van der Waals surface area contributed by atoms with E-state index >= 15 is 0 Å². The van der Waals surface area contributed by atoms with Crippen molar-refractivity contribution < 1.29 is 32.5 Å². The average Bonchev–Trinajstić information content (AvgIpc) is 3.61. The predicted molar refractivity (Wildman–Crippen MR) is 121 cm³/mol. The summed E-state index contributed by atoms with van der Waals surface area (Å²) in [5.41, 5.74) is 0.577. The summed E-state index contributed by atoms with van der Waals surface area (Å²) in [5, 5.41) is 0. The Morgan fingerprint density at radius 1 is 1.24 bits per heavy atom. The van der Waals surface area contributed by atoms with Gasteiger partial charge >= 0.3 is 6.09 Å². The Bertz CT molecular complexity index is 824. The standard InChI is InChI=1S/C25H38F2N2O5/c1-16(2)5-6-18-23(3,34-18)21-20(31-4)17(7-8-25(21)15-32-25)33-22(30)29-13-24(14-29)9-10-28(12-24)11-19(26)27/h5,17-21H,6-15H2,1-4H3/t17?,18-,20?,21?,23+,25?/m1/s1. The SMILES string of the molecule is COC1C(OC(=O)N2CC3(CCN(CC(F)F)C3)C2)CCC2(CO2)C1[C@@]1(C)O[C@@H]1CC=C(C)C. The first kappa shape index (κ1) is 24.4. The van der Waals surface area contributed by atoms with E-state index in [0.717, 1.165) is 19.3 Å². The van der Waals surface area contributed by atoms with E-state index in [1.165, 1.54) is 5.57 Å². The number of ether oxygens (including phenoxy) is 4. The van der Waals surface area contributed by atoms with E-state index in [-0.39, 0.29) is 53.5 Å². The summed E-state index contributed by atoms with van der Waals surface area (Å²) in [4.78, 5) is 16.5. The van der Waals surface area contributed by atoms with Crippen LogP contribution in [0.4, 0.5) is 13.6 Å². The van der Waals surface area contributed by atoms with Crippen LogP contribution in [0.1, 0.15) is 46.5 Å². The molecule has 0 radical (unpaired) electrons. The van der Waals surface area contributed by atoms with Crippen LogP contribution in [0.2, 0.25) is 0 Å². The Balaban J connectivity index is 1.20. The first-order chi connectivity index (χ1) is 16.1. The van der Waals surface area contributed by atoms with Crippen LogP contribution in [0.5, 0.6) is 0 Å². The molecule has 0 aromatic carbocycles. The van der Waals surface area contributed by atoms with E-state index in [0.29, 0.717) is 39.2 Å². The third-order valence-electron chi connectivity index (χ3n) is 8.71. The molecule has 1 saturated carbocycles. The van der Waals surface area contributed by atoms with Crippen LogP contribution in [0, 0.1) is 11.3 Å². The van der Waals surface area contributed by atoms with Crippen molar-refractivity contribution in [2.24, 2.45) is 11.3 Å². The van der Waals surface area contributed by atoms with Gasteiger partial charge in [-0.1, -0.05) is 11.6 Å². The molecule has 0 N–H and O–H groups in total. The molecule has 192 valence electrons. The third kappa shape index (κ3) is 4.38. The highest BCUT2D eigenvalue weighted by molar-refractivity contribution is 5.69. The van der Waals surface area contributed by atoms with Gasteiger partial charge in [-0.2, -0.15) is 0 Å². The molecule has 6 atom stereocenters. The number of amides is 1. The fraction of sp³-hybridized carbons (Fsp3) is 0.880. The van der Waals surface area contributed by atoms with Gasteiger partial charge in [0.1, 0.15) is 23.4 Å². The summed E-state index contributed by atoms with van der Waals surface area (Å²) >= 11 is 0. The summed E-state index contributed by atoms with van der Waals surface area (Å²) in [7, 11) is 1.67. The second-order valence-corrected chi connectivity index (χ2v) is 11.5. The largest absolute Gasteiger partial charge is 0.443 e. The van der Waals surface area contributed by atoms with Crippen LogP contribution < -0.4 is 0 Å². The average molecular weight is 485 g/mol. The van der Waals surface area contributed by atoms with Gasteiger partial charge in [0.15, 0.2) is 0 Å². The molecule has 34 heavy (non-hydrogen) atoms. The van der Waals surface area contributed by atoms with E-state index in [1.807, 2.05) is 0 Å². The lowest BCUT2D eigenvalue weighted by atomic mass is 9.68. The fourth-order valence-electron chi connectivity index (χ4n) is 6.80. The number of rotatable bonds is 7. The molecule has 7 nitrogen and oxygen atoms in total. The summed E-state index contributed by atoms with van der Waals surface area (Å²) in [5.74, 6) is -0.00687. The molecule has 1 amide bonds. The quantitative estimate of drug-likeness (QED) is 0.407. The second-order valence-electron chi connectivity index (χ2n) is 11.5. The van der Waals surface area contributed by atoms with Gasteiger partial charge in [-0.05, 0) is 53.0 Å². The first-order valence-electron chi connectivity index (χ1n) is 12.5. The van der Waals surface area contributed by atoms with Gasteiger partial charge in [0.2, 0.25) is 0 Å². The van der Waals surface area contributed by atoms with Crippen LogP contribution in [0.25, 0.3) is 0 Å². The van der Waals surface area contributed by atoms with Gasteiger partial charge in [-0.25, -0.2) is 13.6 Å². The molecule has 5 fully saturated rings. The van der Waals surface area contributed by atoms with Gasteiger partial charge in [-0.15, -0.1) is 0 Å². The van der Waals surface area contributed by atoms with E-state index in [9.17, 15) is 13.6 Å². The Hall–Kier alpha value is -1.29. The number of alkyl halides is 2. The van der Waals surface area contributed by atoms with Crippen molar-refractivity contribution in [1.29, 1.82) is 0 Å². The zero-order chi connectivity index (χ0) is 24.3. The van der Waals surface area contributed by atoms with E-state index in [4.69, 9.17) is 18.9 Å². The second kappa shape index (κ2) is 8.68. The molecular formula is C25H38F2N2O5. The molecule has 9 heteroatoms. The molecule has 4 aliphatic heterocycles. The highest BCUT2D eigenvalue weighted by atomic mass is 19.3. The van der Waals surface area contributed by atoms with Crippen LogP contribution in [0.3, 0.4) is 0 Å². The van der Waals surface area contributed by atoms with Crippen molar-refractivity contribution in [2.75, 3.05) is 46.4 Å². The number of carbonyl (C=O) groups is 1. The molecule has 0 aromatic heterocycles. The van der Waals surface area contributed by atoms with Crippen molar-refractivity contribution >= 4 is 6.09 Å². The first-order valence-corrected chi connectivity index (χ1v) is 12.5. The lowest BCUT2D eigenvalue weighted by molar-refractivity contribution is -0.127. The van der Waals surface area contributed by atoms with Crippen LogP contribution in [-0.2, 0) is 18.9 Å². The van der Waals surface area contributed by atoms with Crippen molar-refractivity contribution in [3.05, 3.63) is 11.6 Å². The summed E-state index contributed by atoms with van der Waals surface area (Å²) in [6.45, 7) is 9.22. The molecule has 4 unspecified atom stereocenters. The number of methoxy groups -OCH3 is 1. The van der Waals surface area contributed by atoms with Gasteiger partial charge in [-0.3, -0.25) is 4.90 Å². The summed E-state index contributed by atoms with van der Waals surface area (Å²) in [6.07, 6.45) is 2.19. The molecular weight excluding hydrogens is 446 g/mol. The molecule has 0 bridgehead atoms. The molecule has 2 spiro atoms. The van der Waals surface area contributed by atoms with Gasteiger partial charge in [0.25, 0.3) is 6.43 Å². The van der Waals surface area contributed by atoms with Crippen molar-refractivity contribution in [3.63, 3.8) is 0 Å². The molecule has 4 heterocycles. The molecule has 5 aliphatic rings. The highest BCUT2D eigenvalue weighted by Crippen LogP contribution is 2.59. The van der Waals surface area contributed by atoms with Gasteiger partial charge in [0, 0.05) is 32.2 Å². The van der Waals surface area contributed by atoms with Gasteiger partial charge < -0.3 is 23.8 Å². The minimum Gasteiger partial charge on any atom is -0.443 e. The van der Waals surface area contributed by atoms with Crippen LogP contribution >= 0.6 is 0 Å². The number of hydrogen-bond acceptors (Lipinski definition) is 6. The lowest BCUT2D eigenvalue weighted by Gasteiger charge is -2.48. The Morgan fingerprint density at radius 3 is 2.59 bits per heavy atom. The maximum Gasteiger partial charge on any atom is 0.410 e. The van der Waals surface area contributed by atoms with Crippen molar-refractivity contribution in [3.8, 4) is 0 Å². The third-order valence-corrected chi connectivity index (χ3v) is 8.71. The minimum atomic E-state index is -2.32. The maximum atomic E-state index is 13.0. The number of nitrogens with zero attached hydrogens (tertiary/aromatic N) is 2. The van der Waals surface area contributed by atoms with E-state index in [2.05, 4.69) is 26.8 Å². The van der Waals surface area contributed by atoms with Crippen LogP contribution in [0.15, 0.2) is 11.6 Å². The fourth-order valence-corrected chi connectivity index (χ4v) is 6.80. The molecule has 1 aliphatic carbocycles. The summed E-state index contributed by atoms with van der Waals surface area (Å²) < 4.78 is 49.6. The number of carbonyl (C=O) groups excluding carboxylic acids is 1. The number of epoxide rings is 2. The number of allylic oxidation sites excluding steroid dienone is 1. The monoisotopic (exact) mass is 484 g/mol. The van der Waals surface area contributed by atoms with Crippen molar-refractivity contribution in [2.45, 2.75) is 82.4 Å². The maximum absolute atomic E-state index is 13.0. The minimum absolute atomic E-state index is 0.00687.